The maximum Gasteiger partial charge on any atom is 0.130 e. The fourth-order valence-electron chi connectivity index (χ4n) is 2.76. The molecule has 0 aromatic heterocycles. The largest absolute Gasteiger partial charge is 0.497 e. The molecule has 0 bridgehead atoms. The lowest BCUT2D eigenvalue weighted by molar-refractivity contribution is -0.113. The number of aldehydes is 1. The standard InChI is InChI=1S/C15H20O2/c1-17-14-8-6-13(7-9-14)15(12-16)10-4-2-3-5-11-15/h6-9,12H,2-5,10-11H2,1H3. The summed E-state index contributed by atoms with van der Waals surface area (Å²) in [6, 6.07) is 7.98. The van der Waals surface area contributed by atoms with Gasteiger partial charge in [0.2, 0.25) is 0 Å². The molecule has 1 aliphatic carbocycles. The van der Waals surface area contributed by atoms with Gasteiger partial charge in [-0.2, -0.15) is 0 Å². The number of methoxy groups -OCH3 is 1. The molecule has 0 radical (unpaired) electrons. The zero-order chi connectivity index (χ0) is 12.1. The lowest BCUT2D eigenvalue weighted by atomic mass is 9.76. The van der Waals surface area contributed by atoms with Crippen molar-refractivity contribution in [2.75, 3.05) is 7.11 Å². The Bertz CT molecular complexity index is 359. The van der Waals surface area contributed by atoms with Crippen LogP contribution in [0.2, 0.25) is 0 Å². The van der Waals surface area contributed by atoms with E-state index in [9.17, 15) is 4.79 Å². The molecule has 92 valence electrons. The molecule has 0 amide bonds. The lowest BCUT2D eigenvalue weighted by Crippen LogP contribution is -2.27. The monoisotopic (exact) mass is 232 g/mol. The van der Waals surface area contributed by atoms with Crippen LogP contribution in [-0.4, -0.2) is 13.4 Å². The van der Waals surface area contributed by atoms with Gasteiger partial charge >= 0.3 is 0 Å². The minimum absolute atomic E-state index is 0.247. The molecule has 0 spiro atoms. The molecular formula is C15H20O2. The Balaban J connectivity index is 2.28. The first kappa shape index (κ1) is 12.2. The van der Waals surface area contributed by atoms with Gasteiger partial charge in [0.1, 0.15) is 12.0 Å². The van der Waals surface area contributed by atoms with E-state index >= 15 is 0 Å². The van der Waals surface area contributed by atoms with Gasteiger partial charge in [-0.05, 0) is 30.5 Å². The zero-order valence-corrected chi connectivity index (χ0v) is 10.4. The summed E-state index contributed by atoms with van der Waals surface area (Å²) >= 11 is 0. The topological polar surface area (TPSA) is 26.3 Å². The van der Waals surface area contributed by atoms with Crippen LogP contribution in [0, 0.1) is 0 Å². The van der Waals surface area contributed by atoms with Crippen LogP contribution in [0.1, 0.15) is 44.1 Å². The van der Waals surface area contributed by atoms with E-state index in [2.05, 4.69) is 0 Å². The molecule has 1 aliphatic rings. The Morgan fingerprint density at radius 1 is 1.06 bits per heavy atom. The van der Waals surface area contributed by atoms with E-state index in [1.807, 2.05) is 24.3 Å². The van der Waals surface area contributed by atoms with E-state index in [-0.39, 0.29) is 5.41 Å². The van der Waals surface area contributed by atoms with Gasteiger partial charge in [-0.3, -0.25) is 0 Å². The normalized spacial score (nSPS) is 19.4. The van der Waals surface area contributed by atoms with Crippen LogP contribution in [0.5, 0.6) is 5.75 Å². The second-order valence-electron chi connectivity index (χ2n) is 4.92. The van der Waals surface area contributed by atoms with Gasteiger partial charge in [-0.1, -0.05) is 37.8 Å². The number of ether oxygens (including phenoxy) is 1. The third kappa shape index (κ3) is 2.51. The van der Waals surface area contributed by atoms with Crippen LogP contribution < -0.4 is 4.74 Å². The first-order valence-electron chi connectivity index (χ1n) is 6.42. The number of hydrogen-bond acceptors (Lipinski definition) is 2. The highest BCUT2D eigenvalue weighted by Crippen LogP contribution is 2.37. The maximum absolute atomic E-state index is 11.6. The summed E-state index contributed by atoms with van der Waals surface area (Å²) in [5.74, 6) is 0.850. The fraction of sp³-hybridized carbons (Fsp3) is 0.533. The molecule has 0 N–H and O–H groups in total. The maximum atomic E-state index is 11.6. The molecule has 0 unspecified atom stereocenters. The molecule has 17 heavy (non-hydrogen) atoms. The van der Waals surface area contributed by atoms with E-state index in [1.54, 1.807) is 7.11 Å². The van der Waals surface area contributed by atoms with Gasteiger partial charge in [-0.15, -0.1) is 0 Å². The Hall–Kier alpha value is -1.31. The van der Waals surface area contributed by atoms with Gasteiger partial charge < -0.3 is 9.53 Å². The molecule has 0 saturated heterocycles. The molecule has 0 atom stereocenters. The van der Waals surface area contributed by atoms with Crippen LogP contribution in [0.15, 0.2) is 24.3 Å². The Labute approximate surface area is 103 Å². The second kappa shape index (κ2) is 5.35. The number of carbonyl (C=O) groups is 1. The fourth-order valence-corrected chi connectivity index (χ4v) is 2.76. The van der Waals surface area contributed by atoms with E-state index in [1.165, 1.54) is 19.1 Å². The predicted molar refractivity (Wildman–Crippen MR) is 68.4 cm³/mol. The molecule has 1 aromatic rings. The third-order valence-electron chi connectivity index (χ3n) is 3.89. The van der Waals surface area contributed by atoms with Crippen molar-refractivity contribution in [2.24, 2.45) is 0 Å². The van der Waals surface area contributed by atoms with Crippen molar-refractivity contribution in [1.29, 1.82) is 0 Å². The highest BCUT2D eigenvalue weighted by Gasteiger charge is 2.32. The average molecular weight is 232 g/mol. The van der Waals surface area contributed by atoms with Gasteiger partial charge in [0.15, 0.2) is 0 Å². The van der Waals surface area contributed by atoms with Gasteiger partial charge in [0, 0.05) is 0 Å². The summed E-state index contributed by atoms with van der Waals surface area (Å²) < 4.78 is 5.16. The first-order chi connectivity index (χ1) is 8.30. The Morgan fingerprint density at radius 2 is 1.65 bits per heavy atom. The Kier molecular flexibility index (Phi) is 3.82. The van der Waals surface area contributed by atoms with Crippen molar-refractivity contribution >= 4 is 6.29 Å². The minimum atomic E-state index is -0.247. The molecule has 2 nitrogen and oxygen atoms in total. The number of benzene rings is 1. The molecule has 0 heterocycles. The van der Waals surface area contributed by atoms with Crippen molar-refractivity contribution in [3.8, 4) is 5.75 Å². The van der Waals surface area contributed by atoms with E-state index in [4.69, 9.17) is 4.74 Å². The highest BCUT2D eigenvalue weighted by atomic mass is 16.5. The number of carbonyl (C=O) groups excluding carboxylic acids is 1. The van der Waals surface area contributed by atoms with Crippen LogP contribution in [0.4, 0.5) is 0 Å². The van der Waals surface area contributed by atoms with Crippen molar-refractivity contribution in [2.45, 2.75) is 43.9 Å². The van der Waals surface area contributed by atoms with Crippen molar-refractivity contribution in [3.05, 3.63) is 29.8 Å². The summed E-state index contributed by atoms with van der Waals surface area (Å²) in [5.41, 5.74) is 0.901. The molecule has 0 aliphatic heterocycles. The summed E-state index contributed by atoms with van der Waals surface area (Å²) in [6.07, 6.45) is 7.97. The number of rotatable bonds is 3. The quantitative estimate of drug-likeness (QED) is 0.589. The molecule has 1 fully saturated rings. The predicted octanol–water partition coefficient (Wildman–Crippen LogP) is 3.49. The third-order valence-corrected chi connectivity index (χ3v) is 3.89. The van der Waals surface area contributed by atoms with Gasteiger partial charge in [0.25, 0.3) is 0 Å². The molecule has 2 heteroatoms. The summed E-state index contributed by atoms with van der Waals surface area (Å²) in [7, 11) is 1.66. The lowest BCUT2D eigenvalue weighted by Gasteiger charge is -2.27. The van der Waals surface area contributed by atoms with E-state index in [0.29, 0.717) is 0 Å². The SMILES string of the molecule is COc1ccc(C2(C=O)CCCCCC2)cc1. The van der Waals surface area contributed by atoms with Gasteiger partial charge in [-0.25, -0.2) is 0 Å². The summed E-state index contributed by atoms with van der Waals surface area (Å²) in [4.78, 5) is 11.6. The molecular weight excluding hydrogens is 212 g/mol. The van der Waals surface area contributed by atoms with E-state index in [0.717, 1.165) is 37.0 Å². The second-order valence-corrected chi connectivity index (χ2v) is 4.92. The summed E-state index contributed by atoms with van der Waals surface area (Å²) in [6.45, 7) is 0. The van der Waals surface area contributed by atoms with Gasteiger partial charge in [0.05, 0.1) is 12.5 Å². The smallest absolute Gasteiger partial charge is 0.130 e. The van der Waals surface area contributed by atoms with E-state index < -0.39 is 0 Å². The van der Waals surface area contributed by atoms with Crippen molar-refractivity contribution in [1.82, 2.24) is 0 Å². The van der Waals surface area contributed by atoms with Crippen LogP contribution in [0.25, 0.3) is 0 Å². The average Bonchev–Trinajstić information content (AvgIpc) is 2.65. The highest BCUT2D eigenvalue weighted by molar-refractivity contribution is 5.68. The number of hydrogen-bond donors (Lipinski definition) is 0. The van der Waals surface area contributed by atoms with Crippen molar-refractivity contribution in [3.63, 3.8) is 0 Å². The molecule has 2 rings (SSSR count). The molecule has 1 aromatic carbocycles. The first-order valence-corrected chi connectivity index (χ1v) is 6.42. The van der Waals surface area contributed by atoms with Crippen LogP contribution in [-0.2, 0) is 10.2 Å². The Morgan fingerprint density at radius 3 is 2.12 bits per heavy atom. The van der Waals surface area contributed by atoms with Crippen LogP contribution in [0.3, 0.4) is 0 Å². The summed E-state index contributed by atoms with van der Waals surface area (Å²) in [5, 5.41) is 0. The zero-order valence-electron chi connectivity index (χ0n) is 10.4. The van der Waals surface area contributed by atoms with Crippen molar-refractivity contribution < 1.29 is 9.53 Å². The molecule has 1 saturated carbocycles. The van der Waals surface area contributed by atoms with Crippen LogP contribution >= 0.6 is 0 Å². The minimum Gasteiger partial charge on any atom is -0.497 e.